The summed E-state index contributed by atoms with van der Waals surface area (Å²) in [6.45, 7) is 2.96. The number of hydrogen-bond donors (Lipinski definition) is 1. The summed E-state index contributed by atoms with van der Waals surface area (Å²) in [4.78, 5) is 11.3. The number of unbranched alkanes of at least 4 members (excludes halogenated alkanes) is 4. The van der Waals surface area contributed by atoms with Crippen LogP contribution >= 0.6 is 0 Å². The third-order valence-corrected chi connectivity index (χ3v) is 2.84. The molecule has 1 rings (SSSR count). The molecule has 2 N–H and O–H groups in total. The van der Waals surface area contributed by atoms with E-state index in [1.165, 1.54) is 31.0 Å². The maximum absolute atomic E-state index is 11.3. The van der Waals surface area contributed by atoms with E-state index in [0.717, 1.165) is 18.8 Å². The van der Waals surface area contributed by atoms with E-state index in [1.807, 2.05) is 12.1 Å². The number of carbonyl (C=O) groups excluding carboxylic acids is 1. The Morgan fingerprint density at radius 3 is 2.44 bits per heavy atom. The average molecular weight is 249 g/mol. The summed E-state index contributed by atoms with van der Waals surface area (Å²) in [6.07, 6.45) is 6.17. The summed E-state index contributed by atoms with van der Waals surface area (Å²) < 4.78 is 5.62. The third-order valence-electron chi connectivity index (χ3n) is 2.84. The van der Waals surface area contributed by atoms with Gasteiger partial charge in [-0.1, -0.05) is 32.6 Å². The van der Waals surface area contributed by atoms with Gasteiger partial charge < -0.3 is 10.1 Å². The number of quaternary nitrogens is 1. The molecule has 100 valence electrons. The molecule has 0 saturated heterocycles. The minimum absolute atomic E-state index is 0.0545. The number of ether oxygens (including phenoxy) is 1. The molecule has 0 unspecified atom stereocenters. The van der Waals surface area contributed by atoms with Gasteiger partial charge in [0.15, 0.2) is 0 Å². The molecule has 0 aromatic heterocycles. The minimum Gasteiger partial charge on any atom is -0.494 e. The molecule has 0 heterocycles. The van der Waals surface area contributed by atoms with E-state index in [2.05, 4.69) is 14.0 Å². The zero-order valence-corrected chi connectivity index (χ0v) is 11.2. The second kappa shape index (κ2) is 8.70. The Bertz CT molecular complexity index is 346. The van der Waals surface area contributed by atoms with Gasteiger partial charge in [0.1, 0.15) is 5.75 Å². The lowest BCUT2D eigenvalue weighted by atomic mass is 10.2. The van der Waals surface area contributed by atoms with E-state index in [0.29, 0.717) is 5.56 Å². The predicted molar refractivity (Wildman–Crippen MR) is 72.3 cm³/mol. The van der Waals surface area contributed by atoms with E-state index < -0.39 is 0 Å². The standard InChI is InChI=1S/C15H23NO2/c1-3-4-5-6-7-12-18-14-10-8-13(9-11-14)15(17)16-2/h8-11H,2-7,12,16H2,1H3. The second-order valence-electron chi connectivity index (χ2n) is 4.36. The van der Waals surface area contributed by atoms with Crippen molar-refractivity contribution in [3.05, 3.63) is 36.9 Å². The highest BCUT2D eigenvalue weighted by Gasteiger charge is 2.04. The van der Waals surface area contributed by atoms with Gasteiger partial charge >= 0.3 is 5.91 Å². The van der Waals surface area contributed by atoms with Crippen molar-refractivity contribution in [2.75, 3.05) is 6.61 Å². The Labute approximate surface area is 110 Å². The molecule has 0 bridgehead atoms. The summed E-state index contributed by atoms with van der Waals surface area (Å²) in [5.74, 6) is 0.771. The molecule has 1 aromatic rings. The molecule has 18 heavy (non-hydrogen) atoms. The summed E-state index contributed by atoms with van der Waals surface area (Å²) in [5.41, 5.74) is 0.653. The Morgan fingerprint density at radius 2 is 1.83 bits per heavy atom. The molecular weight excluding hydrogens is 226 g/mol. The molecule has 0 saturated carbocycles. The predicted octanol–water partition coefficient (Wildman–Crippen LogP) is 2.53. The molecule has 0 atom stereocenters. The van der Waals surface area contributed by atoms with Crippen molar-refractivity contribution in [1.82, 2.24) is 0 Å². The molecule has 0 radical (unpaired) electrons. The normalized spacial score (nSPS) is 10.3. The van der Waals surface area contributed by atoms with Gasteiger partial charge in [-0.05, 0) is 30.7 Å². The van der Waals surface area contributed by atoms with Gasteiger partial charge in [-0.25, -0.2) is 4.79 Å². The van der Waals surface area contributed by atoms with Crippen molar-refractivity contribution in [3.8, 4) is 5.75 Å². The second-order valence-corrected chi connectivity index (χ2v) is 4.36. The van der Waals surface area contributed by atoms with Crippen LogP contribution in [0.4, 0.5) is 0 Å². The fourth-order valence-electron chi connectivity index (χ4n) is 1.73. The average Bonchev–Trinajstić information content (AvgIpc) is 2.42. The Morgan fingerprint density at radius 1 is 1.17 bits per heavy atom. The van der Waals surface area contributed by atoms with Gasteiger partial charge in [0.05, 0.1) is 12.2 Å². The lowest BCUT2D eigenvalue weighted by molar-refractivity contribution is -0.489. The maximum Gasteiger partial charge on any atom is 0.316 e. The summed E-state index contributed by atoms with van der Waals surface area (Å²) in [7, 11) is 3.46. The highest BCUT2D eigenvalue weighted by atomic mass is 16.5. The van der Waals surface area contributed by atoms with Crippen LogP contribution in [0.15, 0.2) is 24.3 Å². The van der Waals surface area contributed by atoms with E-state index in [-0.39, 0.29) is 5.91 Å². The SMILES string of the molecule is [CH2-][NH2+]C(=O)c1ccc(OCCCCCCC)cc1. The third kappa shape index (κ3) is 5.32. The van der Waals surface area contributed by atoms with E-state index in [9.17, 15) is 4.79 Å². The van der Waals surface area contributed by atoms with Crippen LogP contribution in [0.3, 0.4) is 0 Å². The van der Waals surface area contributed by atoms with Crippen molar-refractivity contribution < 1.29 is 14.8 Å². The first-order valence-corrected chi connectivity index (χ1v) is 6.67. The van der Waals surface area contributed by atoms with Gasteiger partial charge in [0, 0.05) is 0 Å². The zero-order valence-electron chi connectivity index (χ0n) is 11.2. The smallest absolute Gasteiger partial charge is 0.316 e. The lowest BCUT2D eigenvalue weighted by Crippen LogP contribution is -2.81. The summed E-state index contributed by atoms with van der Waals surface area (Å²) >= 11 is 0. The van der Waals surface area contributed by atoms with Gasteiger partial charge in [-0.3, -0.25) is 0 Å². The minimum atomic E-state index is -0.0545. The molecule has 0 aliphatic rings. The van der Waals surface area contributed by atoms with Crippen LogP contribution in [0.25, 0.3) is 0 Å². The Balaban J connectivity index is 2.25. The molecule has 0 aliphatic carbocycles. The van der Waals surface area contributed by atoms with Gasteiger partial charge in [-0.2, -0.15) is 0 Å². The van der Waals surface area contributed by atoms with E-state index >= 15 is 0 Å². The number of hydrogen-bond acceptors (Lipinski definition) is 2. The fourth-order valence-corrected chi connectivity index (χ4v) is 1.73. The first kappa shape index (κ1) is 14.7. The van der Waals surface area contributed by atoms with Crippen LogP contribution in [0.5, 0.6) is 5.75 Å². The van der Waals surface area contributed by atoms with E-state index in [1.54, 1.807) is 12.1 Å². The van der Waals surface area contributed by atoms with Crippen molar-refractivity contribution in [3.63, 3.8) is 0 Å². The van der Waals surface area contributed by atoms with Gasteiger partial charge in [0.2, 0.25) is 0 Å². The monoisotopic (exact) mass is 249 g/mol. The van der Waals surface area contributed by atoms with Crippen LogP contribution in [0.1, 0.15) is 49.4 Å². The quantitative estimate of drug-likeness (QED) is 0.568. The molecule has 0 aliphatic heterocycles. The van der Waals surface area contributed by atoms with Crippen molar-refractivity contribution in [1.29, 1.82) is 0 Å². The van der Waals surface area contributed by atoms with E-state index in [4.69, 9.17) is 4.74 Å². The maximum atomic E-state index is 11.3. The number of benzene rings is 1. The number of primary amides is 1. The molecule has 3 nitrogen and oxygen atoms in total. The molecule has 0 spiro atoms. The largest absolute Gasteiger partial charge is 0.494 e. The molecular formula is C15H23NO2. The van der Waals surface area contributed by atoms with Crippen molar-refractivity contribution >= 4 is 5.91 Å². The number of rotatable bonds is 8. The zero-order chi connectivity index (χ0) is 13.2. The molecule has 1 amide bonds. The summed E-state index contributed by atoms with van der Waals surface area (Å²) in [6, 6.07) is 7.22. The number of nitrogens with two attached hydrogens (primary N) is 1. The lowest BCUT2D eigenvalue weighted by Gasteiger charge is -2.06. The van der Waals surface area contributed by atoms with Crippen molar-refractivity contribution in [2.24, 2.45) is 0 Å². The van der Waals surface area contributed by atoms with Crippen LogP contribution < -0.4 is 10.1 Å². The Kier molecular flexibility index (Phi) is 7.11. The number of carbonyl (C=O) groups is 1. The van der Waals surface area contributed by atoms with Gasteiger partial charge in [-0.15, -0.1) is 7.05 Å². The number of amides is 1. The van der Waals surface area contributed by atoms with Crippen LogP contribution in [0.2, 0.25) is 0 Å². The van der Waals surface area contributed by atoms with Gasteiger partial charge in [0.25, 0.3) is 0 Å². The summed E-state index contributed by atoms with van der Waals surface area (Å²) in [5, 5.41) is 1.32. The van der Waals surface area contributed by atoms with Crippen LogP contribution in [-0.4, -0.2) is 12.5 Å². The van der Waals surface area contributed by atoms with Crippen LogP contribution in [-0.2, 0) is 0 Å². The highest BCUT2D eigenvalue weighted by Crippen LogP contribution is 2.12. The molecule has 3 heteroatoms. The molecule has 0 fully saturated rings. The Hall–Kier alpha value is -1.35. The first-order chi connectivity index (χ1) is 8.77. The van der Waals surface area contributed by atoms with Crippen molar-refractivity contribution in [2.45, 2.75) is 39.0 Å². The molecule has 1 aromatic carbocycles. The topological polar surface area (TPSA) is 42.9 Å². The van der Waals surface area contributed by atoms with Crippen LogP contribution in [0, 0.1) is 7.05 Å². The first-order valence-electron chi connectivity index (χ1n) is 6.67. The fraction of sp³-hybridized carbons (Fsp3) is 0.467. The highest BCUT2D eigenvalue weighted by molar-refractivity contribution is 5.86.